The molecule has 0 saturated carbocycles. The Morgan fingerprint density at radius 3 is 2.65 bits per heavy atom. The number of nitro groups is 1. The normalized spacial score (nSPS) is 10.3. The van der Waals surface area contributed by atoms with Crippen LogP contribution in [0.1, 0.15) is 10.6 Å². The predicted octanol–water partition coefficient (Wildman–Crippen LogP) is 0.826. The van der Waals surface area contributed by atoms with Gasteiger partial charge in [0.2, 0.25) is 17.6 Å². The van der Waals surface area contributed by atoms with E-state index in [1.165, 1.54) is 0 Å². The van der Waals surface area contributed by atoms with E-state index in [1.807, 2.05) is 5.32 Å². The number of aromatic nitrogens is 3. The van der Waals surface area contributed by atoms with E-state index in [4.69, 9.17) is 5.73 Å². The van der Waals surface area contributed by atoms with Gasteiger partial charge in [-0.15, -0.1) is 5.10 Å². The summed E-state index contributed by atoms with van der Waals surface area (Å²) in [6.07, 6.45) is 0. The van der Waals surface area contributed by atoms with Gasteiger partial charge in [-0.2, -0.15) is 9.37 Å². The number of aromatic amines is 1. The largest absolute Gasteiger partial charge is 0.366 e. The molecule has 1 amide bonds. The van der Waals surface area contributed by atoms with Crippen LogP contribution >= 0.6 is 0 Å². The van der Waals surface area contributed by atoms with Crippen LogP contribution in [-0.2, 0) is 0 Å². The van der Waals surface area contributed by atoms with Crippen molar-refractivity contribution in [3.05, 3.63) is 39.7 Å². The zero-order chi connectivity index (χ0) is 14.9. The maximum atomic E-state index is 13.4. The Kier molecular flexibility index (Phi) is 3.25. The van der Waals surface area contributed by atoms with Gasteiger partial charge >= 0.3 is 5.69 Å². The summed E-state index contributed by atoms with van der Waals surface area (Å²) in [6.45, 7) is 0. The molecule has 0 aliphatic carbocycles. The number of H-pyrrole nitrogens is 1. The lowest BCUT2D eigenvalue weighted by Gasteiger charge is -2.04. The molecule has 20 heavy (non-hydrogen) atoms. The van der Waals surface area contributed by atoms with Gasteiger partial charge in [0, 0.05) is 12.1 Å². The van der Waals surface area contributed by atoms with Crippen molar-refractivity contribution < 1.29 is 18.5 Å². The average molecular weight is 284 g/mol. The first-order chi connectivity index (χ1) is 9.38. The van der Waals surface area contributed by atoms with Gasteiger partial charge < -0.3 is 11.1 Å². The summed E-state index contributed by atoms with van der Waals surface area (Å²) >= 11 is 0. The van der Waals surface area contributed by atoms with Crippen LogP contribution < -0.4 is 11.1 Å². The lowest BCUT2D eigenvalue weighted by Crippen LogP contribution is -2.15. The second-order valence-electron chi connectivity index (χ2n) is 3.54. The SMILES string of the molecule is Nc1n[nH]c(C(=O)Nc2cc([N+](=O)[O-])c(F)cc2F)n1. The fourth-order valence-corrected chi connectivity index (χ4v) is 1.33. The second-order valence-corrected chi connectivity index (χ2v) is 3.54. The van der Waals surface area contributed by atoms with E-state index < -0.39 is 33.8 Å². The van der Waals surface area contributed by atoms with E-state index in [0.717, 1.165) is 0 Å². The molecular weight excluding hydrogens is 278 g/mol. The van der Waals surface area contributed by atoms with Crippen LogP contribution in [0.15, 0.2) is 12.1 Å². The number of nitrogens with two attached hydrogens (primary N) is 1. The minimum atomic E-state index is -1.35. The molecule has 11 heteroatoms. The number of nitrogens with zero attached hydrogens (tertiary/aromatic N) is 3. The van der Waals surface area contributed by atoms with Crippen molar-refractivity contribution in [1.82, 2.24) is 15.2 Å². The topological polar surface area (TPSA) is 140 Å². The number of hydrogen-bond acceptors (Lipinski definition) is 6. The monoisotopic (exact) mass is 284 g/mol. The summed E-state index contributed by atoms with van der Waals surface area (Å²) in [5.41, 5.74) is 3.63. The van der Waals surface area contributed by atoms with Gasteiger partial charge in [-0.3, -0.25) is 20.0 Å². The van der Waals surface area contributed by atoms with Gasteiger partial charge in [0.05, 0.1) is 10.6 Å². The van der Waals surface area contributed by atoms with Crippen molar-refractivity contribution >= 4 is 23.2 Å². The molecule has 1 aromatic carbocycles. The second kappa shape index (κ2) is 4.87. The van der Waals surface area contributed by atoms with E-state index in [9.17, 15) is 23.7 Å². The number of amides is 1. The molecule has 0 fully saturated rings. The Morgan fingerprint density at radius 2 is 2.10 bits per heavy atom. The van der Waals surface area contributed by atoms with Crippen molar-refractivity contribution in [2.75, 3.05) is 11.1 Å². The summed E-state index contributed by atoms with van der Waals surface area (Å²) < 4.78 is 26.5. The fourth-order valence-electron chi connectivity index (χ4n) is 1.33. The first kappa shape index (κ1) is 13.3. The van der Waals surface area contributed by atoms with Gasteiger partial charge in [0.15, 0.2) is 0 Å². The molecule has 9 nitrogen and oxygen atoms in total. The third-order valence-electron chi connectivity index (χ3n) is 2.20. The van der Waals surface area contributed by atoms with E-state index in [-0.39, 0.29) is 11.8 Å². The number of benzene rings is 1. The molecule has 0 saturated heterocycles. The number of anilines is 2. The minimum absolute atomic E-state index is 0.208. The van der Waals surface area contributed by atoms with Crippen LogP contribution in [0.3, 0.4) is 0 Å². The summed E-state index contributed by atoms with van der Waals surface area (Å²) in [7, 11) is 0. The molecule has 1 aromatic heterocycles. The Hall–Kier alpha value is -3.11. The van der Waals surface area contributed by atoms with Gasteiger partial charge in [-0.05, 0) is 0 Å². The Balaban J connectivity index is 2.31. The van der Waals surface area contributed by atoms with Crippen LogP contribution in [0.4, 0.5) is 26.1 Å². The number of carbonyl (C=O) groups is 1. The van der Waals surface area contributed by atoms with Crippen LogP contribution in [0, 0.1) is 21.7 Å². The Morgan fingerprint density at radius 1 is 1.40 bits per heavy atom. The quantitative estimate of drug-likeness (QED) is 0.563. The van der Waals surface area contributed by atoms with Crippen molar-refractivity contribution in [3.63, 3.8) is 0 Å². The van der Waals surface area contributed by atoms with Gasteiger partial charge in [-0.1, -0.05) is 0 Å². The lowest BCUT2D eigenvalue weighted by atomic mass is 10.2. The summed E-state index contributed by atoms with van der Waals surface area (Å²) in [4.78, 5) is 24.6. The highest BCUT2D eigenvalue weighted by atomic mass is 19.1. The number of hydrogen-bond donors (Lipinski definition) is 3. The smallest absolute Gasteiger partial charge is 0.307 e. The molecule has 0 spiro atoms. The molecule has 104 valence electrons. The highest BCUT2D eigenvalue weighted by Gasteiger charge is 2.21. The maximum absolute atomic E-state index is 13.4. The zero-order valence-corrected chi connectivity index (χ0v) is 9.55. The Bertz CT molecular complexity index is 701. The molecule has 0 aliphatic heterocycles. The van der Waals surface area contributed by atoms with E-state index >= 15 is 0 Å². The van der Waals surface area contributed by atoms with E-state index in [2.05, 4.69) is 15.2 Å². The number of nitro benzene ring substituents is 1. The molecule has 1 heterocycles. The van der Waals surface area contributed by atoms with Crippen LogP contribution in [0.25, 0.3) is 0 Å². The molecule has 0 unspecified atom stereocenters. The molecular formula is C9H6F2N6O3. The van der Waals surface area contributed by atoms with Gasteiger partial charge in [0.25, 0.3) is 5.91 Å². The summed E-state index contributed by atoms with van der Waals surface area (Å²) in [5, 5.41) is 18.1. The van der Waals surface area contributed by atoms with Gasteiger partial charge in [-0.25, -0.2) is 4.39 Å². The molecule has 2 aromatic rings. The molecule has 0 bridgehead atoms. The lowest BCUT2D eigenvalue weighted by molar-refractivity contribution is -0.387. The summed E-state index contributed by atoms with van der Waals surface area (Å²) in [5.74, 6) is -3.99. The zero-order valence-electron chi connectivity index (χ0n) is 9.55. The molecule has 2 rings (SSSR count). The minimum Gasteiger partial charge on any atom is -0.366 e. The third kappa shape index (κ3) is 2.50. The number of rotatable bonds is 3. The van der Waals surface area contributed by atoms with Crippen LogP contribution in [0.5, 0.6) is 0 Å². The number of nitrogen functional groups attached to an aromatic ring is 1. The first-order valence-electron chi connectivity index (χ1n) is 5.01. The predicted molar refractivity (Wildman–Crippen MR) is 61.8 cm³/mol. The number of nitrogens with one attached hydrogen (secondary N) is 2. The van der Waals surface area contributed by atoms with E-state index in [1.54, 1.807) is 0 Å². The molecule has 0 aliphatic rings. The molecule has 4 N–H and O–H groups in total. The Labute approximate surface area is 109 Å². The van der Waals surface area contributed by atoms with Crippen molar-refractivity contribution in [2.24, 2.45) is 0 Å². The highest BCUT2D eigenvalue weighted by Crippen LogP contribution is 2.25. The molecule has 0 radical (unpaired) electrons. The van der Waals surface area contributed by atoms with Crippen molar-refractivity contribution in [2.45, 2.75) is 0 Å². The average Bonchev–Trinajstić information content (AvgIpc) is 2.79. The number of carbonyl (C=O) groups excluding carboxylic acids is 1. The number of halogens is 2. The molecule has 0 atom stereocenters. The maximum Gasteiger partial charge on any atom is 0.307 e. The third-order valence-corrected chi connectivity index (χ3v) is 2.20. The van der Waals surface area contributed by atoms with Crippen molar-refractivity contribution in [1.29, 1.82) is 0 Å². The van der Waals surface area contributed by atoms with Gasteiger partial charge in [0.1, 0.15) is 5.82 Å². The van der Waals surface area contributed by atoms with Crippen LogP contribution in [0.2, 0.25) is 0 Å². The summed E-state index contributed by atoms with van der Waals surface area (Å²) in [6, 6.07) is 0.852. The van der Waals surface area contributed by atoms with Crippen molar-refractivity contribution in [3.8, 4) is 0 Å². The highest BCUT2D eigenvalue weighted by molar-refractivity contribution is 6.01. The fraction of sp³-hybridized carbons (Fsp3) is 0. The standard InChI is InChI=1S/C9H6F2N6O3/c10-3-1-4(11)6(17(19)20)2-5(3)13-8(18)7-14-9(12)16-15-7/h1-2H,(H,13,18)(H3,12,14,15,16). The first-order valence-corrected chi connectivity index (χ1v) is 5.01. The van der Waals surface area contributed by atoms with Crippen LogP contribution in [-0.4, -0.2) is 26.0 Å². The van der Waals surface area contributed by atoms with E-state index in [0.29, 0.717) is 12.1 Å².